The highest BCUT2D eigenvalue weighted by Crippen LogP contribution is 2.23. The maximum absolute atomic E-state index is 12.0. The Morgan fingerprint density at radius 3 is 2.45 bits per heavy atom. The molecule has 0 fully saturated rings. The van der Waals surface area contributed by atoms with Crippen LogP contribution in [0.3, 0.4) is 0 Å². The Morgan fingerprint density at radius 2 is 1.95 bits per heavy atom. The number of carbonyl (C=O) groups is 2. The molecule has 0 aliphatic heterocycles. The highest BCUT2D eigenvalue weighted by atomic mass is 16.2. The van der Waals surface area contributed by atoms with Crippen molar-refractivity contribution in [1.82, 2.24) is 10.3 Å². The van der Waals surface area contributed by atoms with Crippen LogP contribution >= 0.6 is 0 Å². The minimum Gasteiger partial charge on any atom is -0.370 e. The lowest BCUT2D eigenvalue weighted by Crippen LogP contribution is -2.33. The smallest absolute Gasteiger partial charge is 0.251 e. The van der Waals surface area contributed by atoms with Crippen molar-refractivity contribution in [3.8, 4) is 0 Å². The van der Waals surface area contributed by atoms with Gasteiger partial charge >= 0.3 is 0 Å². The first-order valence-electron chi connectivity index (χ1n) is 6.57. The molecule has 6 nitrogen and oxygen atoms in total. The first-order chi connectivity index (χ1) is 9.24. The van der Waals surface area contributed by atoms with Crippen molar-refractivity contribution in [1.29, 1.82) is 0 Å². The van der Waals surface area contributed by atoms with E-state index < -0.39 is 5.91 Å². The molecule has 0 spiro atoms. The molecule has 4 N–H and O–H groups in total. The number of aromatic nitrogens is 1. The van der Waals surface area contributed by atoms with Crippen LogP contribution in [0.5, 0.6) is 0 Å². The number of rotatable bonds is 5. The molecule has 0 aliphatic rings. The lowest BCUT2D eigenvalue weighted by atomic mass is 9.90. The van der Waals surface area contributed by atoms with E-state index >= 15 is 0 Å². The summed E-state index contributed by atoms with van der Waals surface area (Å²) in [5.41, 5.74) is 6.11. The molecule has 1 rings (SSSR count). The molecule has 1 heterocycles. The third kappa shape index (κ3) is 4.53. The minimum absolute atomic E-state index is 0.176. The van der Waals surface area contributed by atoms with E-state index in [1.54, 1.807) is 12.1 Å². The SMILES string of the molecule is CCNc1cc(C(=O)NCC(N)=O)cc(C(C)(C)C)n1. The van der Waals surface area contributed by atoms with Crippen LogP contribution in [0, 0.1) is 0 Å². The van der Waals surface area contributed by atoms with Crippen molar-refractivity contribution in [3.05, 3.63) is 23.4 Å². The average Bonchev–Trinajstić information content (AvgIpc) is 2.34. The molecule has 1 aromatic rings. The average molecular weight is 278 g/mol. The summed E-state index contributed by atoms with van der Waals surface area (Å²) in [5.74, 6) is -0.268. The maximum Gasteiger partial charge on any atom is 0.251 e. The Bertz CT molecular complexity index is 506. The van der Waals surface area contributed by atoms with Gasteiger partial charge in [0.15, 0.2) is 0 Å². The predicted octanol–water partition coefficient (Wildman–Crippen LogP) is 1.03. The third-order valence-corrected chi connectivity index (χ3v) is 2.64. The summed E-state index contributed by atoms with van der Waals surface area (Å²) in [6.45, 7) is 8.56. The second-order valence-corrected chi connectivity index (χ2v) is 5.56. The van der Waals surface area contributed by atoms with Crippen molar-refractivity contribution in [2.24, 2.45) is 5.73 Å². The maximum atomic E-state index is 12.0. The molecule has 0 aliphatic carbocycles. The number of carbonyl (C=O) groups excluding carboxylic acids is 2. The van der Waals surface area contributed by atoms with Crippen molar-refractivity contribution in [2.75, 3.05) is 18.4 Å². The largest absolute Gasteiger partial charge is 0.370 e. The van der Waals surface area contributed by atoms with E-state index in [-0.39, 0.29) is 17.9 Å². The second kappa shape index (κ2) is 6.36. The Labute approximate surface area is 119 Å². The van der Waals surface area contributed by atoms with Gasteiger partial charge in [-0.05, 0) is 19.1 Å². The summed E-state index contributed by atoms with van der Waals surface area (Å²) in [5, 5.41) is 5.57. The molecule has 0 saturated carbocycles. The Kier molecular flexibility index (Phi) is 5.07. The van der Waals surface area contributed by atoms with Crippen LogP contribution in [0.2, 0.25) is 0 Å². The number of hydrogen-bond donors (Lipinski definition) is 3. The Hall–Kier alpha value is -2.11. The van der Waals surface area contributed by atoms with Gasteiger partial charge < -0.3 is 16.4 Å². The van der Waals surface area contributed by atoms with E-state index in [1.807, 2.05) is 27.7 Å². The van der Waals surface area contributed by atoms with Gasteiger partial charge in [0.25, 0.3) is 5.91 Å². The number of anilines is 1. The van der Waals surface area contributed by atoms with E-state index in [0.29, 0.717) is 17.9 Å². The van der Waals surface area contributed by atoms with Crippen molar-refractivity contribution in [2.45, 2.75) is 33.1 Å². The number of nitrogens with one attached hydrogen (secondary N) is 2. The Morgan fingerprint density at radius 1 is 1.30 bits per heavy atom. The van der Waals surface area contributed by atoms with Gasteiger partial charge in [-0.15, -0.1) is 0 Å². The number of pyridine rings is 1. The fourth-order valence-corrected chi connectivity index (χ4v) is 1.59. The quantitative estimate of drug-likeness (QED) is 0.749. The molecule has 0 atom stereocenters. The van der Waals surface area contributed by atoms with Crippen LogP contribution in [0.25, 0.3) is 0 Å². The number of amides is 2. The van der Waals surface area contributed by atoms with E-state index in [4.69, 9.17) is 5.73 Å². The summed E-state index contributed by atoms with van der Waals surface area (Å²) in [6, 6.07) is 3.40. The van der Waals surface area contributed by atoms with Gasteiger partial charge in [-0.3, -0.25) is 9.59 Å². The molecule has 20 heavy (non-hydrogen) atoms. The zero-order valence-electron chi connectivity index (χ0n) is 12.4. The van der Waals surface area contributed by atoms with Crippen molar-refractivity contribution >= 4 is 17.6 Å². The first kappa shape index (κ1) is 15.9. The van der Waals surface area contributed by atoms with Crippen molar-refractivity contribution in [3.63, 3.8) is 0 Å². The van der Waals surface area contributed by atoms with E-state index in [0.717, 1.165) is 5.69 Å². The van der Waals surface area contributed by atoms with E-state index in [1.165, 1.54) is 0 Å². The van der Waals surface area contributed by atoms with Gasteiger partial charge in [0.1, 0.15) is 5.82 Å². The molecule has 0 saturated heterocycles. The monoisotopic (exact) mass is 278 g/mol. The van der Waals surface area contributed by atoms with Gasteiger partial charge in [0.2, 0.25) is 5.91 Å². The van der Waals surface area contributed by atoms with Gasteiger partial charge in [-0.1, -0.05) is 20.8 Å². The summed E-state index contributed by atoms with van der Waals surface area (Å²) >= 11 is 0. The molecular weight excluding hydrogens is 256 g/mol. The van der Waals surface area contributed by atoms with Gasteiger partial charge in [0, 0.05) is 23.2 Å². The minimum atomic E-state index is -0.574. The van der Waals surface area contributed by atoms with Gasteiger partial charge in [-0.2, -0.15) is 0 Å². The molecule has 6 heteroatoms. The highest BCUT2D eigenvalue weighted by Gasteiger charge is 2.19. The van der Waals surface area contributed by atoms with Crippen LogP contribution in [0.1, 0.15) is 43.7 Å². The zero-order valence-corrected chi connectivity index (χ0v) is 12.4. The first-order valence-corrected chi connectivity index (χ1v) is 6.57. The highest BCUT2D eigenvalue weighted by molar-refractivity contribution is 5.97. The van der Waals surface area contributed by atoms with Crippen LogP contribution in [-0.4, -0.2) is 29.9 Å². The number of primary amides is 1. The molecule has 2 amide bonds. The molecule has 0 aromatic carbocycles. The lowest BCUT2D eigenvalue weighted by molar-refractivity contribution is -0.117. The van der Waals surface area contributed by atoms with Crippen LogP contribution in [-0.2, 0) is 10.2 Å². The molecular formula is C14H22N4O2. The predicted molar refractivity (Wildman–Crippen MR) is 78.6 cm³/mol. The molecule has 0 unspecified atom stereocenters. The topological polar surface area (TPSA) is 97.1 Å². The van der Waals surface area contributed by atoms with Crippen LogP contribution in [0.15, 0.2) is 12.1 Å². The number of nitrogens with zero attached hydrogens (tertiary/aromatic N) is 1. The fourth-order valence-electron chi connectivity index (χ4n) is 1.59. The molecule has 0 radical (unpaired) electrons. The summed E-state index contributed by atoms with van der Waals surface area (Å²) in [7, 11) is 0. The number of hydrogen-bond acceptors (Lipinski definition) is 4. The third-order valence-electron chi connectivity index (χ3n) is 2.64. The second-order valence-electron chi connectivity index (χ2n) is 5.56. The summed E-state index contributed by atoms with van der Waals surface area (Å²) in [6.07, 6.45) is 0. The lowest BCUT2D eigenvalue weighted by Gasteiger charge is -2.20. The summed E-state index contributed by atoms with van der Waals surface area (Å²) < 4.78 is 0. The Balaban J connectivity index is 3.08. The zero-order chi connectivity index (χ0) is 15.3. The standard InChI is InChI=1S/C14H22N4O2/c1-5-16-12-7-9(13(20)17-8-11(15)19)6-10(18-12)14(2,3)4/h6-7H,5,8H2,1-4H3,(H2,15,19)(H,16,18)(H,17,20). The molecule has 110 valence electrons. The molecule has 1 aromatic heterocycles. The fraction of sp³-hybridized carbons (Fsp3) is 0.500. The van der Waals surface area contributed by atoms with Crippen LogP contribution < -0.4 is 16.4 Å². The number of nitrogens with two attached hydrogens (primary N) is 1. The van der Waals surface area contributed by atoms with E-state index in [2.05, 4.69) is 15.6 Å². The summed E-state index contributed by atoms with van der Waals surface area (Å²) in [4.78, 5) is 27.2. The van der Waals surface area contributed by atoms with E-state index in [9.17, 15) is 9.59 Å². The molecule has 0 bridgehead atoms. The van der Waals surface area contributed by atoms with Crippen LogP contribution in [0.4, 0.5) is 5.82 Å². The van der Waals surface area contributed by atoms with Gasteiger partial charge in [0.05, 0.1) is 6.54 Å². The van der Waals surface area contributed by atoms with Gasteiger partial charge in [-0.25, -0.2) is 4.98 Å². The van der Waals surface area contributed by atoms with Crippen molar-refractivity contribution < 1.29 is 9.59 Å². The normalized spacial score (nSPS) is 11.0.